The Morgan fingerprint density at radius 1 is 1.26 bits per heavy atom. The van der Waals surface area contributed by atoms with Crippen LogP contribution in [0.3, 0.4) is 0 Å². The van der Waals surface area contributed by atoms with Crippen LogP contribution in [0.4, 0.5) is 0 Å². The molecule has 0 spiro atoms. The molecule has 1 N–H and O–H groups in total. The number of nitrogens with one attached hydrogen (secondary N) is 1. The Balaban J connectivity index is 1.40. The summed E-state index contributed by atoms with van der Waals surface area (Å²) in [6.45, 7) is 0.941. The van der Waals surface area contributed by atoms with E-state index in [1.54, 1.807) is 44.7 Å². The molecule has 1 saturated carbocycles. The number of nitrogens with zero attached hydrogens (tertiary/aromatic N) is 8. The van der Waals surface area contributed by atoms with Crippen LogP contribution < -0.4 is 5.69 Å². The van der Waals surface area contributed by atoms with Gasteiger partial charge in [-0.1, -0.05) is 0 Å². The average Bonchev–Trinajstić information content (AvgIpc) is 3.45. The molecule has 1 aliphatic carbocycles. The second-order valence-electron chi connectivity index (χ2n) is 8.89. The van der Waals surface area contributed by atoms with E-state index in [0.29, 0.717) is 59.6 Å². The van der Waals surface area contributed by atoms with Gasteiger partial charge >= 0.3 is 5.69 Å². The van der Waals surface area contributed by atoms with Crippen molar-refractivity contribution >= 4 is 22.6 Å². The zero-order valence-electron chi connectivity index (χ0n) is 18.1. The number of pyridine rings is 1. The summed E-state index contributed by atoms with van der Waals surface area (Å²) in [5.41, 5.74) is 1.58. The lowest BCUT2D eigenvalue weighted by atomic mass is 10.0. The first kappa shape index (κ1) is 20.1. The van der Waals surface area contributed by atoms with Crippen LogP contribution in [0.15, 0.2) is 35.5 Å². The van der Waals surface area contributed by atoms with Crippen LogP contribution in [0, 0.1) is 28.1 Å². The second kappa shape index (κ2) is 7.25. The highest BCUT2D eigenvalue weighted by Gasteiger charge is 2.53. The Bertz CT molecular complexity index is 1610. The molecule has 4 aromatic rings. The van der Waals surface area contributed by atoms with E-state index in [2.05, 4.69) is 27.2 Å². The van der Waals surface area contributed by atoms with E-state index in [-0.39, 0.29) is 17.6 Å². The zero-order valence-corrected chi connectivity index (χ0v) is 18.1. The summed E-state index contributed by atoms with van der Waals surface area (Å²) in [6.07, 6.45) is 7.54. The van der Waals surface area contributed by atoms with Crippen molar-refractivity contribution in [1.29, 1.82) is 10.5 Å². The normalized spacial score (nSPS) is 19.1. The molecular weight excluding hydrogens is 434 g/mol. The fourth-order valence-electron chi connectivity index (χ4n) is 4.76. The highest BCUT2D eigenvalue weighted by Crippen LogP contribution is 2.47. The van der Waals surface area contributed by atoms with Gasteiger partial charge in [0.25, 0.3) is 0 Å². The molecule has 1 saturated heterocycles. The van der Waals surface area contributed by atoms with Crippen LogP contribution in [0.5, 0.6) is 0 Å². The van der Waals surface area contributed by atoms with E-state index in [4.69, 9.17) is 4.98 Å². The first-order valence-corrected chi connectivity index (χ1v) is 11.1. The maximum atomic E-state index is 12.9. The SMILES string of the molecule is N#Cc1ccn2ncc(-c3ncc4[nH]c(=O)n([C@H]5CCCN(C(=O)C6(C#N)CC6)C5)c4n3)c2c1. The largest absolute Gasteiger partial charge is 0.339 e. The van der Waals surface area contributed by atoms with Crippen molar-refractivity contribution in [3.8, 4) is 23.5 Å². The summed E-state index contributed by atoms with van der Waals surface area (Å²) in [5.74, 6) is 0.248. The number of rotatable bonds is 3. The molecule has 11 nitrogen and oxygen atoms in total. The van der Waals surface area contributed by atoms with Gasteiger partial charge in [0.05, 0.1) is 47.2 Å². The van der Waals surface area contributed by atoms with Gasteiger partial charge in [-0.15, -0.1) is 0 Å². The first-order chi connectivity index (χ1) is 16.5. The van der Waals surface area contributed by atoms with Crippen molar-refractivity contribution in [2.75, 3.05) is 13.1 Å². The summed E-state index contributed by atoms with van der Waals surface area (Å²) in [4.78, 5) is 39.5. The Labute approximate surface area is 192 Å². The Kier molecular flexibility index (Phi) is 4.29. The lowest BCUT2D eigenvalue weighted by molar-refractivity contribution is -0.136. The van der Waals surface area contributed by atoms with E-state index in [1.807, 2.05) is 0 Å². The third-order valence-electron chi connectivity index (χ3n) is 6.77. The molecule has 34 heavy (non-hydrogen) atoms. The number of piperidine rings is 1. The molecule has 1 aliphatic heterocycles. The first-order valence-electron chi connectivity index (χ1n) is 11.1. The van der Waals surface area contributed by atoms with E-state index in [9.17, 15) is 20.1 Å². The molecule has 0 aromatic carbocycles. The minimum atomic E-state index is -0.881. The fraction of sp³-hybridized carbons (Fsp3) is 0.348. The molecule has 1 atom stereocenters. The number of carbonyl (C=O) groups excluding carboxylic acids is 1. The van der Waals surface area contributed by atoms with Crippen LogP contribution in [0.2, 0.25) is 0 Å². The molecule has 2 fully saturated rings. The van der Waals surface area contributed by atoms with Crippen molar-refractivity contribution in [1.82, 2.24) is 34.0 Å². The summed E-state index contributed by atoms with van der Waals surface area (Å²) in [6, 6.07) is 7.42. The number of H-pyrrole nitrogens is 1. The standard InChI is InChI=1S/C23H19N9O2/c24-9-14-3-7-31-18(8-14)16(10-27-31)19-26-11-17-20(29-19)32(22(34)28-17)15-2-1-6-30(12-15)21(33)23(13-25)4-5-23/h3,7-8,10-11,15H,1-2,4-6,12H2,(H,28,34)/t15-/m0/s1. The van der Waals surface area contributed by atoms with Crippen LogP contribution >= 0.6 is 0 Å². The predicted octanol–water partition coefficient (Wildman–Crippen LogP) is 1.77. The minimum Gasteiger partial charge on any atom is -0.339 e. The Morgan fingerprint density at radius 3 is 2.88 bits per heavy atom. The number of aromatic nitrogens is 6. The van der Waals surface area contributed by atoms with Crippen LogP contribution in [-0.4, -0.2) is 53.0 Å². The lowest BCUT2D eigenvalue weighted by Gasteiger charge is -2.34. The predicted molar refractivity (Wildman–Crippen MR) is 119 cm³/mol. The summed E-state index contributed by atoms with van der Waals surface area (Å²) >= 11 is 0. The van der Waals surface area contributed by atoms with Gasteiger partial charge in [-0.25, -0.2) is 19.3 Å². The highest BCUT2D eigenvalue weighted by molar-refractivity contribution is 5.88. The number of carbonyl (C=O) groups is 1. The van der Waals surface area contributed by atoms with Gasteiger partial charge in [0.15, 0.2) is 11.5 Å². The number of aromatic amines is 1. The van der Waals surface area contributed by atoms with Crippen molar-refractivity contribution in [3.05, 3.63) is 46.8 Å². The van der Waals surface area contributed by atoms with Crippen molar-refractivity contribution in [2.24, 2.45) is 5.41 Å². The van der Waals surface area contributed by atoms with Gasteiger partial charge < -0.3 is 9.88 Å². The van der Waals surface area contributed by atoms with Crippen LogP contribution in [-0.2, 0) is 4.79 Å². The highest BCUT2D eigenvalue weighted by atomic mass is 16.2. The molecule has 1 amide bonds. The Morgan fingerprint density at radius 2 is 2.12 bits per heavy atom. The molecule has 0 unspecified atom stereocenters. The topological polar surface area (TPSA) is 149 Å². The third kappa shape index (κ3) is 2.98. The number of fused-ring (bicyclic) bond motifs is 2. The van der Waals surface area contributed by atoms with E-state index in [1.165, 1.54) is 0 Å². The molecule has 168 valence electrons. The summed E-state index contributed by atoms with van der Waals surface area (Å²) in [5, 5.41) is 23.0. The van der Waals surface area contributed by atoms with Crippen LogP contribution in [0.25, 0.3) is 28.1 Å². The fourth-order valence-corrected chi connectivity index (χ4v) is 4.76. The van der Waals surface area contributed by atoms with Gasteiger partial charge in [0, 0.05) is 19.3 Å². The van der Waals surface area contributed by atoms with Gasteiger partial charge in [0.1, 0.15) is 10.9 Å². The molecule has 2 aliphatic rings. The summed E-state index contributed by atoms with van der Waals surface area (Å²) < 4.78 is 3.24. The number of hydrogen-bond donors (Lipinski definition) is 1. The monoisotopic (exact) mass is 453 g/mol. The van der Waals surface area contributed by atoms with Gasteiger partial charge in [-0.05, 0) is 37.8 Å². The number of hydrogen-bond acceptors (Lipinski definition) is 7. The number of nitriles is 2. The molecule has 0 bridgehead atoms. The Hall–Kier alpha value is -4.51. The lowest BCUT2D eigenvalue weighted by Crippen LogP contribution is -2.45. The van der Waals surface area contributed by atoms with Crippen molar-refractivity contribution < 1.29 is 4.79 Å². The molecule has 0 radical (unpaired) electrons. The average molecular weight is 453 g/mol. The molecule has 4 aromatic heterocycles. The van der Waals surface area contributed by atoms with E-state index in [0.717, 1.165) is 12.8 Å². The summed E-state index contributed by atoms with van der Waals surface area (Å²) in [7, 11) is 0. The number of likely N-dealkylation sites (tertiary alicyclic amines) is 1. The number of amides is 1. The van der Waals surface area contributed by atoms with Crippen LogP contribution in [0.1, 0.15) is 37.3 Å². The molecule has 11 heteroatoms. The van der Waals surface area contributed by atoms with Gasteiger partial charge in [-0.2, -0.15) is 15.6 Å². The molecular formula is C23H19N9O2. The molecule has 5 heterocycles. The van der Waals surface area contributed by atoms with Gasteiger partial charge in [0.2, 0.25) is 5.91 Å². The second-order valence-corrected chi connectivity index (χ2v) is 8.89. The maximum absolute atomic E-state index is 12.9. The van der Waals surface area contributed by atoms with Crippen molar-refractivity contribution in [2.45, 2.75) is 31.7 Å². The minimum absolute atomic E-state index is 0.137. The smallest absolute Gasteiger partial charge is 0.328 e. The van der Waals surface area contributed by atoms with E-state index >= 15 is 0 Å². The van der Waals surface area contributed by atoms with E-state index < -0.39 is 5.41 Å². The zero-order chi connectivity index (χ0) is 23.4. The van der Waals surface area contributed by atoms with Gasteiger partial charge in [-0.3, -0.25) is 9.36 Å². The third-order valence-corrected chi connectivity index (χ3v) is 6.77. The quantitative estimate of drug-likeness (QED) is 0.497. The molecule has 6 rings (SSSR count). The van der Waals surface area contributed by atoms with Crippen molar-refractivity contribution in [3.63, 3.8) is 0 Å². The maximum Gasteiger partial charge on any atom is 0.328 e. The number of imidazole rings is 1.